The first-order valence-corrected chi connectivity index (χ1v) is 12.9. The van der Waals surface area contributed by atoms with E-state index in [1.165, 1.54) is 23.0 Å². The molecule has 0 aliphatic carbocycles. The maximum absolute atomic E-state index is 12.9. The van der Waals surface area contributed by atoms with Crippen LogP contribution in [0.3, 0.4) is 0 Å². The van der Waals surface area contributed by atoms with E-state index in [4.69, 9.17) is 9.56 Å². The van der Waals surface area contributed by atoms with E-state index in [0.29, 0.717) is 34.4 Å². The molecule has 0 aliphatic rings. The van der Waals surface area contributed by atoms with Gasteiger partial charge in [-0.25, -0.2) is 23.7 Å². The molecule has 0 fully saturated rings. The van der Waals surface area contributed by atoms with Gasteiger partial charge in [-0.3, -0.25) is 9.59 Å². The quantitative estimate of drug-likeness (QED) is 0.202. The Hall–Kier alpha value is -4.09. The lowest BCUT2D eigenvalue weighted by molar-refractivity contribution is 0.0949. The summed E-state index contributed by atoms with van der Waals surface area (Å²) in [5, 5.41) is 14.3. The lowest BCUT2D eigenvalue weighted by atomic mass is 10.1. The van der Waals surface area contributed by atoms with Crippen molar-refractivity contribution >= 4 is 32.9 Å². The Labute approximate surface area is 207 Å². The number of unbranched alkanes of at least 4 members (excludes halogenated alkanes) is 2. The minimum absolute atomic E-state index is 0.000124. The van der Waals surface area contributed by atoms with Crippen molar-refractivity contribution in [3.05, 3.63) is 82.5 Å². The third-order valence-corrected chi connectivity index (χ3v) is 6.44. The van der Waals surface area contributed by atoms with E-state index in [1.807, 2.05) is 0 Å². The van der Waals surface area contributed by atoms with Gasteiger partial charge in [0.2, 0.25) is 10.0 Å². The van der Waals surface area contributed by atoms with Crippen LogP contribution in [0.25, 0.3) is 22.1 Å². The second kappa shape index (κ2) is 10.7. The van der Waals surface area contributed by atoms with Gasteiger partial charge in [-0.15, -0.1) is 0 Å². The third-order valence-electron chi connectivity index (χ3n) is 5.51. The van der Waals surface area contributed by atoms with Crippen molar-refractivity contribution in [2.24, 2.45) is 10.2 Å². The largest absolute Gasteiger partial charge is 0.455 e. The number of hydrazone groups is 1. The second-order valence-electron chi connectivity index (χ2n) is 8.10. The highest BCUT2D eigenvalue weighted by atomic mass is 32.2. The Balaban J connectivity index is 1.51. The van der Waals surface area contributed by atoms with Crippen LogP contribution in [0.5, 0.6) is 0 Å². The molecular weight excluding hydrogens is 482 g/mol. The molecule has 2 heterocycles. The standard InChI is InChI=1S/C25H25N5O5S/c1-2-3-6-15-30-25(32)21-8-5-4-7-20(21)23(29-30)24(31)28-27-16-18-11-14-22(35-18)17-9-12-19(13-10-17)36(26,33)34/h4-5,7-14,16H,2-3,6,15H2,1H3,(H,28,31)(H2,26,33,34). The van der Waals surface area contributed by atoms with E-state index in [9.17, 15) is 18.0 Å². The highest BCUT2D eigenvalue weighted by Gasteiger charge is 2.16. The number of carbonyl (C=O) groups is 1. The first kappa shape index (κ1) is 25.0. The number of furan rings is 1. The molecule has 0 bridgehead atoms. The fourth-order valence-corrected chi connectivity index (χ4v) is 4.18. The van der Waals surface area contributed by atoms with Crippen LogP contribution in [0.4, 0.5) is 0 Å². The lowest BCUT2D eigenvalue weighted by Gasteiger charge is -2.10. The molecule has 0 radical (unpaired) electrons. The molecular formula is C25H25N5O5S. The molecule has 0 aliphatic heterocycles. The van der Waals surface area contributed by atoms with Gasteiger partial charge in [0.1, 0.15) is 11.5 Å². The normalized spacial score (nSPS) is 11.8. The molecule has 2 aromatic heterocycles. The van der Waals surface area contributed by atoms with Crippen molar-refractivity contribution in [3.63, 3.8) is 0 Å². The van der Waals surface area contributed by atoms with Gasteiger partial charge in [0.25, 0.3) is 11.5 Å². The molecule has 11 heteroatoms. The summed E-state index contributed by atoms with van der Waals surface area (Å²) in [4.78, 5) is 25.7. The van der Waals surface area contributed by atoms with Crippen molar-refractivity contribution in [2.45, 2.75) is 37.6 Å². The summed E-state index contributed by atoms with van der Waals surface area (Å²) in [6, 6.07) is 16.1. The number of nitrogens with two attached hydrogens (primary N) is 1. The molecule has 0 atom stereocenters. The maximum atomic E-state index is 12.9. The van der Waals surface area contributed by atoms with Crippen LogP contribution in [0, 0.1) is 0 Å². The number of hydrogen-bond acceptors (Lipinski definition) is 7. The van der Waals surface area contributed by atoms with Gasteiger partial charge >= 0.3 is 0 Å². The van der Waals surface area contributed by atoms with Gasteiger partial charge in [-0.1, -0.05) is 38.0 Å². The maximum Gasteiger partial charge on any atom is 0.292 e. The Bertz CT molecular complexity index is 1590. The number of rotatable bonds is 9. The van der Waals surface area contributed by atoms with Gasteiger partial charge in [0.05, 0.1) is 16.5 Å². The van der Waals surface area contributed by atoms with Gasteiger partial charge in [0.15, 0.2) is 5.69 Å². The monoisotopic (exact) mass is 507 g/mol. The number of aryl methyl sites for hydroxylation is 1. The van der Waals surface area contributed by atoms with Crippen LogP contribution in [0.1, 0.15) is 42.4 Å². The van der Waals surface area contributed by atoms with Crippen LogP contribution in [-0.4, -0.2) is 30.3 Å². The second-order valence-corrected chi connectivity index (χ2v) is 9.66. The van der Waals surface area contributed by atoms with Crippen LogP contribution >= 0.6 is 0 Å². The lowest BCUT2D eigenvalue weighted by Crippen LogP contribution is -2.29. The van der Waals surface area contributed by atoms with Gasteiger partial charge in [-0.05, 0) is 48.9 Å². The van der Waals surface area contributed by atoms with Crippen molar-refractivity contribution in [2.75, 3.05) is 0 Å². The van der Waals surface area contributed by atoms with Crippen molar-refractivity contribution in [1.82, 2.24) is 15.2 Å². The number of fused-ring (bicyclic) bond motifs is 1. The summed E-state index contributed by atoms with van der Waals surface area (Å²) < 4.78 is 29.8. The molecule has 10 nitrogen and oxygen atoms in total. The van der Waals surface area contributed by atoms with Crippen molar-refractivity contribution < 1.29 is 17.6 Å². The number of carbonyl (C=O) groups excluding carboxylic acids is 1. The fraction of sp³-hybridized carbons (Fsp3) is 0.200. The number of amides is 1. The molecule has 0 saturated heterocycles. The number of primary sulfonamides is 1. The number of benzene rings is 2. The minimum Gasteiger partial charge on any atom is -0.455 e. The summed E-state index contributed by atoms with van der Waals surface area (Å²) in [5.74, 6) is 0.288. The first-order chi connectivity index (χ1) is 17.3. The number of hydrogen-bond donors (Lipinski definition) is 2. The molecule has 2 aromatic carbocycles. The molecule has 4 rings (SSSR count). The smallest absolute Gasteiger partial charge is 0.292 e. The van der Waals surface area contributed by atoms with Crippen molar-refractivity contribution in [3.8, 4) is 11.3 Å². The zero-order chi connectivity index (χ0) is 25.7. The van der Waals surface area contributed by atoms with Crippen LogP contribution < -0.4 is 16.1 Å². The van der Waals surface area contributed by atoms with E-state index in [2.05, 4.69) is 22.5 Å². The zero-order valence-corrected chi connectivity index (χ0v) is 20.4. The molecule has 4 aromatic rings. The zero-order valence-electron chi connectivity index (χ0n) is 19.5. The summed E-state index contributed by atoms with van der Waals surface area (Å²) in [6.07, 6.45) is 4.07. The Morgan fingerprint density at radius 3 is 2.50 bits per heavy atom. The van der Waals surface area contributed by atoms with E-state index >= 15 is 0 Å². The Morgan fingerprint density at radius 2 is 1.81 bits per heavy atom. The van der Waals surface area contributed by atoms with Gasteiger partial charge in [-0.2, -0.15) is 10.2 Å². The topological polar surface area (TPSA) is 150 Å². The predicted molar refractivity (Wildman–Crippen MR) is 136 cm³/mol. The Morgan fingerprint density at radius 1 is 1.08 bits per heavy atom. The third kappa shape index (κ3) is 5.58. The number of sulfonamides is 1. The highest BCUT2D eigenvalue weighted by Crippen LogP contribution is 2.23. The van der Waals surface area contributed by atoms with Gasteiger partial charge in [0, 0.05) is 17.5 Å². The molecule has 0 unspecified atom stereocenters. The summed E-state index contributed by atoms with van der Waals surface area (Å²) in [5.41, 5.74) is 2.96. The molecule has 1 amide bonds. The predicted octanol–water partition coefficient (Wildman–Crippen LogP) is 3.26. The van der Waals surface area contributed by atoms with E-state index in [0.717, 1.165) is 19.3 Å². The first-order valence-electron chi connectivity index (χ1n) is 11.3. The molecule has 36 heavy (non-hydrogen) atoms. The molecule has 186 valence electrons. The average Bonchev–Trinajstić information content (AvgIpc) is 3.34. The van der Waals surface area contributed by atoms with E-state index < -0.39 is 15.9 Å². The van der Waals surface area contributed by atoms with Crippen molar-refractivity contribution in [1.29, 1.82) is 0 Å². The summed E-state index contributed by atoms with van der Waals surface area (Å²) in [7, 11) is -3.78. The van der Waals surface area contributed by atoms with Crippen LogP contribution in [0.2, 0.25) is 0 Å². The Kier molecular flexibility index (Phi) is 7.41. The molecule has 0 spiro atoms. The SMILES string of the molecule is CCCCCn1nc(C(=O)NN=Cc2ccc(-c3ccc(S(N)(=O)=O)cc3)o2)c2ccccc2c1=O. The average molecular weight is 508 g/mol. The number of aromatic nitrogens is 2. The number of nitrogens with zero attached hydrogens (tertiary/aromatic N) is 3. The summed E-state index contributed by atoms with van der Waals surface area (Å²) >= 11 is 0. The van der Waals surface area contributed by atoms with Crippen LogP contribution in [-0.2, 0) is 16.6 Å². The van der Waals surface area contributed by atoms with Crippen LogP contribution in [0.15, 0.2) is 79.9 Å². The fourth-order valence-electron chi connectivity index (χ4n) is 3.66. The highest BCUT2D eigenvalue weighted by molar-refractivity contribution is 7.89. The van der Waals surface area contributed by atoms with E-state index in [-0.39, 0.29) is 16.1 Å². The van der Waals surface area contributed by atoms with Gasteiger partial charge < -0.3 is 4.42 Å². The number of nitrogens with one attached hydrogen (secondary N) is 1. The summed E-state index contributed by atoms with van der Waals surface area (Å²) in [6.45, 7) is 2.49. The van der Waals surface area contributed by atoms with E-state index in [1.54, 1.807) is 48.5 Å². The molecule has 0 saturated carbocycles. The minimum atomic E-state index is -3.78. The molecule has 3 N–H and O–H groups in total.